The van der Waals surface area contributed by atoms with Crippen LogP contribution < -0.4 is 10.1 Å². The van der Waals surface area contributed by atoms with Crippen LogP contribution in [-0.2, 0) is 11.2 Å². The first-order chi connectivity index (χ1) is 13.0. The third kappa shape index (κ3) is 5.44. The van der Waals surface area contributed by atoms with Crippen LogP contribution in [0.3, 0.4) is 0 Å². The second kappa shape index (κ2) is 8.86. The third-order valence-corrected chi connectivity index (χ3v) is 5.02. The Kier molecular flexibility index (Phi) is 6.29. The van der Waals surface area contributed by atoms with E-state index in [0.717, 1.165) is 16.9 Å². The molecule has 1 amide bonds. The number of amidine groups is 1. The van der Waals surface area contributed by atoms with E-state index in [-0.39, 0.29) is 17.3 Å². The van der Waals surface area contributed by atoms with Gasteiger partial charge in [0.05, 0.1) is 17.6 Å². The van der Waals surface area contributed by atoms with Crippen LogP contribution >= 0.6 is 11.8 Å². The Morgan fingerprint density at radius 3 is 2.67 bits per heavy atom. The molecule has 3 rings (SSSR count). The van der Waals surface area contributed by atoms with Crippen molar-refractivity contribution in [3.63, 3.8) is 0 Å². The van der Waals surface area contributed by atoms with Crippen molar-refractivity contribution in [1.29, 1.82) is 0 Å². The molecular weight excluding hydrogens is 358 g/mol. The Labute approximate surface area is 163 Å². The number of hydrogen-bond donors (Lipinski definition) is 1. The maximum absolute atomic E-state index is 12.2. The van der Waals surface area contributed by atoms with Gasteiger partial charge in [0, 0.05) is 5.56 Å². The molecule has 1 fully saturated rings. The summed E-state index contributed by atoms with van der Waals surface area (Å²) in [5.41, 5.74) is 3.19. The molecule has 0 unspecified atom stereocenters. The van der Waals surface area contributed by atoms with Gasteiger partial charge in [-0.3, -0.25) is 4.79 Å². The van der Waals surface area contributed by atoms with Crippen molar-refractivity contribution in [2.45, 2.75) is 38.5 Å². The molecule has 1 aliphatic rings. The van der Waals surface area contributed by atoms with Gasteiger partial charge in [0.15, 0.2) is 5.17 Å². The number of hydrogen-bond acceptors (Lipinski definition) is 5. The van der Waals surface area contributed by atoms with Crippen molar-refractivity contribution < 1.29 is 9.53 Å². The van der Waals surface area contributed by atoms with E-state index in [1.54, 1.807) is 6.21 Å². The number of carbonyl (C=O) groups excluding carboxylic acids is 1. The number of nitrogens with one attached hydrogen (secondary N) is 1. The van der Waals surface area contributed by atoms with Crippen molar-refractivity contribution in [2.75, 3.05) is 0 Å². The van der Waals surface area contributed by atoms with E-state index in [2.05, 4.69) is 39.8 Å². The fourth-order valence-corrected chi connectivity index (χ4v) is 3.58. The first-order valence-corrected chi connectivity index (χ1v) is 9.79. The van der Waals surface area contributed by atoms with Gasteiger partial charge in [-0.25, -0.2) is 0 Å². The molecule has 0 radical (unpaired) electrons. The van der Waals surface area contributed by atoms with E-state index in [9.17, 15) is 4.79 Å². The molecule has 0 bridgehead atoms. The van der Waals surface area contributed by atoms with Crippen molar-refractivity contribution in [2.24, 2.45) is 10.2 Å². The van der Waals surface area contributed by atoms with E-state index in [1.165, 1.54) is 17.3 Å². The molecule has 5 nitrogen and oxygen atoms in total. The molecule has 0 aromatic heterocycles. The summed E-state index contributed by atoms with van der Waals surface area (Å²) in [5.74, 6) is 0.731. The molecule has 0 aliphatic carbocycles. The predicted octanol–water partition coefficient (Wildman–Crippen LogP) is 3.95. The molecule has 0 spiro atoms. The van der Waals surface area contributed by atoms with Gasteiger partial charge in [-0.1, -0.05) is 53.7 Å². The number of amides is 1. The maximum atomic E-state index is 12.2. The SMILES string of the molecule is Cc1ccc(C[C@H]2S/C(=N\N=C/c3ccccc3OC(C)C)NC2=O)cc1. The maximum Gasteiger partial charge on any atom is 0.239 e. The lowest BCUT2D eigenvalue weighted by Crippen LogP contribution is -2.25. The number of aryl methyl sites for hydroxylation is 1. The molecule has 0 saturated carbocycles. The zero-order chi connectivity index (χ0) is 19.2. The lowest BCUT2D eigenvalue weighted by molar-refractivity contribution is -0.118. The molecular formula is C21H23N3O2S. The van der Waals surface area contributed by atoms with E-state index >= 15 is 0 Å². The fraction of sp³-hybridized carbons (Fsp3) is 0.286. The second-order valence-electron chi connectivity index (χ2n) is 6.64. The summed E-state index contributed by atoms with van der Waals surface area (Å²) in [6.45, 7) is 6.01. The molecule has 27 heavy (non-hydrogen) atoms. The molecule has 1 saturated heterocycles. The Balaban J connectivity index is 1.64. The highest BCUT2D eigenvalue weighted by molar-refractivity contribution is 8.15. The number of para-hydroxylation sites is 1. The summed E-state index contributed by atoms with van der Waals surface area (Å²) >= 11 is 1.41. The van der Waals surface area contributed by atoms with E-state index in [4.69, 9.17) is 4.74 Å². The largest absolute Gasteiger partial charge is 0.490 e. The summed E-state index contributed by atoms with van der Waals surface area (Å²) in [5, 5.41) is 11.4. The van der Waals surface area contributed by atoms with Gasteiger partial charge >= 0.3 is 0 Å². The average molecular weight is 382 g/mol. The molecule has 1 atom stereocenters. The van der Waals surface area contributed by atoms with Gasteiger partial charge in [-0.05, 0) is 44.9 Å². The quantitative estimate of drug-likeness (QED) is 0.609. The Morgan fingerprint density at radius 2 is 1.93 bits per heavy atom. The first kappa shape index (κ1) is 19.2. The normalized spacial score (nSPS) is 18.4. The minimum atomic E-state index is -0.182. The number of ether oxygens (including phenoxy) is 1. The standard InChI is InChI=1S/C21H23N3O2S/c1-14(2)26-18-7-5-4-6-17(18)13-22-24-21-23-20(25)19(27-21)12-16-10-8-15(3)9-11-16/h4-11,13-14,19H,12H2,1-3H3,(H,23,24,25)/b22-13-/t19-/m1/s1. The lowest BCUT2D eigenvalue weighted by atomic mass is 10.1. The summed E-state index contributed by atoms with van der Waals surface area (Å²) < 4.78 is 5.76. The number of nitrogens with zero attached hydrogens (tertiary/aromatic N) is 2. The van der Waals surface area contributed by atoms with Crippen LogP contribution in [0.5, 0.6) is 5.75 Å². The highest BCUT2D eigenvalue weighted by atomic mass is 32.2. The van der Waals surface area contributed by atoms with Crippen LogP contribution in [-0.4, -0.2) is 28.6 Å². The van der Waals surface area contributed by atoms with E-state index < -0.39 is 0 Å². The van der Waals surface area contributed by atoms with Gasteiger partial charge in [-0.2, -0.15) is 5.10 Å². The van der Waals surface area contributed by atoms with Gasteiger partial charge in [0.1, 0.15) is 5.75 Å². The number of rotatable bonds is 6. The smallest absolute Gasteiger partial charge is 0.239 e. The highest BCUT2D eigenvalue weighted by Gasteiger charge is 2.30. The Hall–Kier alpha value is -2.60. The van der Waals surface area contributed by atoms with E-state index in [0.29, 0.717) is 11.6 Å². The molecule has 1 N–H and O–H groups in total. The monoisotopic (exact) mass is 381 g/mol. The molecule has 2 aromatic carbocycles. The number of thioether (sulfide) groups is 1. The van der Waals surface area contributed by atoms with E-state index in [1.807, 2.05) is 45.0 Å². The topological polar surface area (TPSA) is 63.1 Å². The number of benzene rings is 2. The Bertz CT molecular complexity index is 860. The molecule has 140 valence electrons. The van der Waals surface area contributed by atoms with Gasteiger partial charge < -0.3 is 10.1 Å². The van der Waals surface area contributed by atoms with Crippen LogP contribution in [0.2, 0.25) is 0 Å². The summed E-state index contributed by atoms with van der Waals surface area (Å²) in [6.07, 6.45) is 2.40. The van der Waals surface area contributed by atoms with Gasteiger partial charge in [0.2, 0.25) is 5.91 Å². The van der Waals surface area contributed by atoms with Crippen LogP contribution in [0.25, 0.3) is 0 Å². The average Bonchev–Trinajstić information content (AvgIpc) is 2.97. The summed E-state index contributed by atoms with van der Waals surface area (Å²) in [4.78, 5) is 12.2. The molecule has 1 aliphatic heterocycles. The van der Waals surface area contributed by atoms with Crippen molar-refractivity contribution >= 4 is 29.1 Å². The lowest BCUT2D eigenvalue weighted by Gasteiger charge is -2.11. The molecule has 1 heterocycles. The predicted molar refractivity (Wildman–Crippen MR) is 112 cm³/mol. The number of carbonyl (C=O) groups is 1. The van der Waals surface area contributed by atoms with Crippen molar-refractivity contribution in [1.82, 2.24) is 5.32 Å². The van der Waals surface area contributed by atoms with Gasteiger partial charge in [-0.15, -0.1) is 5.10 Å². The highest BCUT2D eigenvalue weighted by Crippen LogP contribution is 2.24. The van der Waals surface area contributed by atoms with Crippen molar-refractivity contribution in [3.05, 3.63) is 65.2 Å². The summed E-state index contributed by atoms with van der Waals surface area (Å²) in [7, 11) is 0. The van der Waals surface area contributed by atoms with Crippen LogP contribution in [0, 0.1) is 6.92 Å². The zero-order valence-electron chi connectivity index (χ0n) is 15.7. The van der Waals surface area contributed by atoms with Crippen molar-refractivity contribution in [3.8, 4) is 5.75 Å². The van der Waals surface area contributed by atoms with Crippen LogP contribution in [0.1, 0.15) is 30.5 Å². The minimum absolute atomic E-state index is 0.0296. The first-order valence-electron chi connectivity index (χ1n) is 8.91. The summed E-state index contributed by atoms with van der Waals surface area (Å²) in [6, 6.07) is 15.9. The fourth-order valence-electron chi connectivity index (χ4n) is 2.62. The molecule has 6 heteroatoms. The van der Waals surface area contributed by atoms with Crippen LogP contribution in [0.15, 0.2) is 58.7 Å². The minimum Gasteiger partial charge on any atom is -0.490 e. The Morgan fingerprint density at radius 1 is 1.19 bits per heavy atom. The molecule has 2 aromatic rings. The second-order valence-corrected chi connectivity index (χ2v) is 7.83. The van der Waals surface area contributed by atoms with Crippen LogP contribution in [0.4, 0.5) is 0 Å². The third-order valence-electron chi connectivity index (χ3n) is 3.95. The van der Waals surface area contributed by atoms with Gasteiger partial charge in [0.25, 0.3) is 0 Å². The zero-order valence-corrected chi connectivity index (χ0v) is 16.5.